The molecule has 31 heavy (non-hydrogen) atoms. The van der Waals surface area contributed by atoms with Crippen LogP contribution in [0.1, 0.15) is 26.7 Å². The summed E-state index contributed by atoms with van der Waals surface area (Å²) in [6.07, 6.45) is 1.20. The van der Waals surface area contributed by atoms with E-state index in [9.17, 15) is 13.2 Å². The number of carbonyl (C=O) groups is 1. The Balaban J connectivity index is 1.75. The van der Waals surface area contributed by atoms with Gasteiger partial charge in [-0.15, -0.1) is 0 Å². The molecule has 3 rings (SSSR count). The molecular weight excluding hydrogens is 440 g/mol. The van der Waals surface area contributed by atoms with Gasteiger partial charge in [-0.25, -0.2) is 8.42 Å². The first kappa shape index (κ1) is 23.4. The monoisotopic (exact) mass is 466 g/mol. The van der Waals surface area contributed by atoms with E-state index in [1.807, 2.05) is 13.8 Å². The van der Waals surface area contributed by atoms with Gasteiger partial charge in [0.25, 0.3) is 0 Å². The number of anilines is 1. The Morgan fingerprint density at radius 2 is 1.84 bits per heavy atom. The van der Waals surface area contributed by atoms with Gasteiger partial charge >= 0.3 is 0 Å². The molecule has 1 aliphatic heterocycles. The number of nitrogens with one attached hydrogen (secondary N) is 1. The summed E-state index contributed by atoms with van der Waals surface area (Å²) in [6, 6.07) is 11.3. The van der Waals surface area contributed by atoms with E-state index in [1.54, 1.807) is 30.3 Å². The quantitative estimate of drug-likeness (QED) is 0.630. The molecule has 1 N–H and O–H groups in total. The molecule has 2 aromatic rings. The summed E-state index contributed by atoms with van der Waals surface area (Å²) >= 11 is 5.87. The van der Waals surface area contributed by atoms with Gasteiger partial charge in [0.1, 0.15) is 11.5 Å². The lowest BCUT2D eigenvalue weighted by Gasteiger charge is -2.31. The van der Waals surface area contributed by atoms with E-state index in [0.717, 1.165) is 0 Å². The Morgan fingerprint density at radius 1 is 1.13 bits per heavy atom. The maximum Gasteiger partial charge on any atom is 0.243 e. The summed E-state index contributed by atoms with van der Waals surface area (Å²) in [6.45, 7) is 5.19. The first-order chi connectivity index (χ1) is 14.8. The molecule has 1 fully saturated rings. The fourth-order valence-electron chi connectivity index (χ4n) is 3.51. The summed E-state index contributed by atoms with van der Waals surface area (Å²) in [7, 11) is -3.70. The molecule has 1 aliphatic rings. The number of piperidine rings is 1. The molecule has 0 saturated carbocycles. The molecule has 0 spiro atoms. The van der Waals surface area contributed by atoms with Crippen LogP contribution < -0.4 is 14.8 Å². The topological polar surface area (TPSA) is 84.9 Å². The van der Waals surface area contributed by atoms with E-state index in [2.05, 4.69) is 5.32 Å². The van der Waals surface area contributed by atoms with Gasteiger partial charge in [0, 0.05) is 24.2 Å². The average molecular weight is 467 g/mol. The lowest BCUT2D eigenvalue weighted by atomic mass is 9.98. The maximum atomic E-state index is 13.0. The van der Waals surface area contributed by atoms with E-state index < -0.39 is 15.9 Å². The van der Waals surface area contributed by atoms with Crippen molar-refractivity contribution in [1.82, 2.24) is 4.31 Å². The van der Waals surface area contributed by atoms with Gasteiger partial charge in [0.05, 0.1) is 29.7 Å². The van der Waals surface area contributed by atoms with E-state index in [1.165, 1.54) is 16.4 Å². The minimum absolute atomic E-state index is 0.117. The number of carbonyl (C=O) groups excluding carboxylic acids is 1. The lowest BCUT2D eigenvalue weighted by Crippen LogP contribution is -2.43. The van der Waals surface area contributed by atoms with Crippen LogP contribution in [-0.2, 0) is 14.8 Å². The second kappa shape index (κ2) is 10.3. The van der Waals surface area contributed by atoms with Gasteiger partial charge in [0.2, 0.25) is 15.9 Å². The number of halogens is 1. The molecule has 0 aliphatic carbocycles. The molecule has 0 bridgehead atoms. The third-order valence-electron chi connectivity index (χ3n) is 5.03. The molecule has 2 aromatic carbocycles. The van der Waals surface area contributed by atoms with Gasteiger partial charge in [-0.2, -0.15) is 4.31 Å². The van der Waals surface area contributed by atoms with Crippen LogP contribution in [0.15, 0.2) is 47.4 Å². The van der Waals surface area contributed by atoms with Crippen molar-refractivity contribution in [2.45, 2.75) is 31.6 Å². The van der Waals surface area contributed by atoms with Crippen molar-refractivity contribution in [3.05, 3.63) is 47.5 Å². The van der Waals surface area contributed by atoms with Crippen molar-refractivity contribution in [2.75, 3.05) is 31.6 Å². The van der Waals surface area contributed by atoms with Crippen LogP contribution >= 0.6 is 11.6 Å². The maximum absolute atomic E-state index is 13.0. The third kappa shape index (κ3) is 5.70. The number of sulfonamides is 1. The SMILES string of the molecule is CCOc1ccc(OCC)c(NC(=O)[C@H]2CCCN(S(=O)(=O)c3ccc(Cl)cc3)C2)c1. The molecule has 9 heteroatoms. The van der Waals surface area contributed by atoms with Gasteiger partial charge in [0.15, 0.2) is 0 Å². The molecule has 7 nitrogen and oxygen atoms in total. The Labute approximate surface area is 188 Å². The number of hydrogen-bond donors (Lipinski definition) is 1. The molecule has 1 amide bonds. The number of amides is 1. The largest absolute Gasteiger partial charge is 0.494 e. The minimum Gasteiger partial charge on any atom is -0.494 e. The summed E-state index contributed by atoms with van der Waals surface area (Å²) in [5.41, 5.74) is 0.510. The fraction of sp³-hybridized carbons (Fsp3) is 0.409. The summed E-state index contributed by atoms with van der Waals surface area (Å²) < 4.78 is 38.5. The zero-order valence-corrected chi connectivity index (χ0v) is 19.2. The van der Waals surface area contributed by atoms with Crippen LogP contribution in [0.25, 0.3) is 0 Å². The number of benzene rings is 2. The highest BCUT2D eigenvalue weighted by molar-refractivity contribution is 7.89. The van der Waals surface area contributed by atoms with Crippen LogP contribution in [0.2, 0.25) is 5.02 Å². The molecule has 0 radical (unpaired) electrons. The Kier molecular flexibility index (Phi) is 7.80. The minimum atomic E-state index is -3.70. The lowest BCUT2D eigenvalue weighted by molar-refractivity contribution is -0.120. The van der Waals surface area contributed by atoms with Crippen LogP contribution in [0.3, 0.4) is 0 Å². The van der Waals surface area contributed by atoms with E-state index >= 15 is 0 Å². The molecule has 1 atom stereocenters. The highest BCUT2D eigenvalue weighted by Crippen LogP contribution is 2.31. The van der Waals surface area contributed by atoms with E-state index in [4.69, 9.17) is 21.1 Å². The predicted octanol–water partition coefficient (Wildman–Crippen LogP) is 4.18. The summed E-state index contributed by atoms with van der Waals surface area (Å²) in [5.74, 6) is 0.448. The predicted molar refractivity (Wildman–Crippen MR) is 120 cm³/mol. The van der Waals surface area contributed by atoms with Crippen molar-refractivity contribution in [3.8, 4) is 11.5 Å². The van der Waals surface area contributed by atoms with Crippen molar-refractivity contribution < 1.29 is 22.7 Å². The number of ether oxygens (including phenoxy) is 2. The summed E-state index contributed by atoms with van der Waals surface area (Å²) in [5, 5.41) is 3.37. The Morgan fingerprint density at radius 3 is 2.52 bits per heavy atom. The molecule has 0 unspecified atom stereocenters. The number of nitrogens with zero attached hydrogens (tertiary/aromatic N) is 1. The van der Waals surface area contributed by atoms with Crippen molar-refractivity contribution >= 4 is 33.2 Å². The van der Waals surface area contributed by atoms with Crippen molar-refractivity contribution in [1.29, 1.82) is 0 Å². The van der Waals surface area contributed by atoms with Gasteiger partial charge in [-0.05, 0) is 63.1 Å². The number of hydrogen-bond acceptors (Lipinski definition) is 5. The van der Waals surface area contributed by atoms with Crippen LogP contribution in [0, 0.1) is 5.92 Å². The van der Waals surface area contributed by atoms with Crippen LogP contribution in [0.5, 0.6) is 11.5 Å². The first-order valence-electron chi connectivity index (χ1n) is 10.3. The van der Waals surface area contributed by atoms with E-state index in [-0.39, 0.29) is 17.3 Å². The molecule has 1 saturated heterocycles. The van der Waals surface area contributed by atoms with Crippen molar-refractivity contribution in [3.63, 3.8) is 0 Å². The zero-order valence-electron chi connectivity index (χ0n) is 17.6. The number of rotatable bonds is 8. The second-order valence-electron chi connectivity index (χ2n) is 7.17. The van der Waals surface area contributed by atoms with Crippen LogP contribution in [-0.4, -0.2) is 44.9 Å². The summed E-state index contributed by atoms with van der Waals surface area (Å²) in [4.78, 5) is 13.2. The molecule has 0 aromatic heterocycles. The standard InChI is InChI=1S/C22H27ClN2O5S/c1-3-29-18-9-12-21(30-4-2)20(14-18)24-22(26)16-6-5-13-25(15-16)31(27,28)19-10-7-17(23)8-11-19/h7-12,14,16H,3-6,13,15H2,1-2H3,(H,24,26)/t16-/m0/s1. The Hall–Kier alpha value is -2.29. The van der Waals surface area contributed by atoms with E-state index in [0.29, 0.717) is 54.8 Å². The normalized spacial score (nSPS) is 17.2. The average Bonchev–Trinajstić information content (AvgIpc) is 2.76. The third-order valence-corrected chi connectivity index (χ3v) is 7.16. The highest BCUT2D eigenvalue weighted by atomic mass is 35.5. The highest BCUT2D eigenvalue weighted by Gasteiger charge is 2.33. The molecule has 1 heterocycles. The fourth-order valence-corrected chi connectivity index (χ4v) is 5.16. The smallest absolute Gasteiger partial charge is 0.243 e. The molecule has 168 valence electrons. The van der Waals surface area contributed by atoms with Crippen LogP contribution in [0.4, 0.5) is 5.69 Å². The second-order valence-corrected chi connectivity index (χ2v) is 9.54. The zero-order chi connectivity index (χ0) is 22.4. The Bertz CT molecular complexity index is 1010. The van der Waals surface area contributed by atoms with Gasteiger partial charge < -0.3 is 14.8 Å². The first-order valence-corrected chi connectivity index (χ1v) is 12.1. The van der Waals surface area contributed by atoms with Gasteiger partial charge in [-0.1, -0.05) is 11.6 Å². The molecular formula is C22H27ClN2O5S. The van der Waals surface area contributed by atoms with Gasteiger partial charge in [-0.3, -0.25) is 4.79 Å². The van der Waals surface area contributed by atoms with Crippen molar-refractivity contribution in [2.24, 2.45) is 5.92 Å².